The van der Waals surface area contributed by atoms with E-state index < -0.39 is 0 Å². The van der Waals surface area contributed by atoms with Crippen molar-refractivity contribution >= 4 is 5.78 Å². The summed E-state index contributed by atoms with van der Waals surface area (Å²) >= 11 is 0. The summed E-state index contributed by atoms with van der Waals surface area (Å²) in [6.07, 6.45) is 8.30. The van der Waals surface area contributed by atoms with E-state index in [0.717, 1.165) is 44.5 Å². The highest BCUT2D eigenvalue weighted by molar-refractivity contribution is 5.85. The number of hydrogen-bond donors (Lipinski definition) is 0. The maximum absolute atomic E-state index is 12.6. The maximum Gasteiger partial charge on any atom is 0.139 e. The van der Waals surface area contributed by atoms with Crippen LogP contribution in [0.15, 0.2) is 18.2 Å². The molecular formula is C18H24O2. The van der Waals surface area contributed by atoms with Gasteiger partial charge in [0.2, 0.25) is 0 Å². The Morgan fingerprint density at radius 2 is 2.10 bits per heavy atom. The molecule has 108 valence electrons. The van der Waals surface area contributed by atoms with Crippen molar-refractivity contribution in [3.8, 4) is 5.75 Å². The van der Waals surface area contributed by atoms with Crippen molar-refractivity contribution in [1.82, 2.24) is 0 Å². The molecule has 0 bridgehead atoms. The van der Waals surface area contributed by atoms with Gasteiger partial charge < -0.3 is 4.74 Å². The Morgan fingerprint density at radius 3 is 2.85 bits per heavy atom. The smallest absolute Gasteiger partial charge is 0.139 e. The van der Waals surface area contributed by atoms with Crippen LogP contribution in [0.3, 0.4) is 0 Å². The Labute approximate surface area is 121 Å². The third kappa shape index (κ3) is 2.48. The minimum Gasteiger partial charge on any atom is -0.493 e. The van der Waals surface area contributed by atoms with Crippen LogP contribution in [-0.4, -0.2) is 12.4 Å². The van der Waals surface area contributed by atoms with Crippen molar-refractivity contribution in [2.75, 3.05) is 6.61 Å². The molecule has 2 heteroatoms. The van der Waals surface area contributed by atoms with Crippen LogP contribution in [0.2, 0.25) is 0 Å². The van der Waals surface area contributed by atoms with E-state index in [2.05, 4.69) is 25.1 Å². The molecule has 1 heterocycles. The predicted molar refractivity (Wildman–Crippen MR) is 80.2 cm³/mol. The molecule has 0 radical (unpaired) electrons. The molecule has 0 aromatic heterocycles. The average molecular weight is 272 g/mol. The van der Waals surface area contributed by atoms with Crippen LogP contribution in [0.1, 0.15) is 56.6 Å². The Morgan fingerprint density at radius 1 is 1.30 bits per heavy atom. The molecular weight excluding hydrogens is 248 g/mol. The Kier molecular flexibility index (Phi) is 3.82. The van der Waals surface area contributed by atoms with Gasteiger partial charge >= 0.3 is 0 Å². The second-order valence-electron chi connectivity index (χ2n) is 6.30. The predicted octanol–water partition coefficient (Wildman–Crippen LogP) is 4.09. The SMILES string of the molecule is CCC1(C(=O)CCc2ccc3c(c2)CCO3)CCCC1. The van der Waals surface area contributed by atoms with Gasteiger partial charge in [-0.1, -0.05) is 31.9 Å². The molecule has 1 aliphatic heterocycles. The number of carbonyl (C=O) groups is 1. The summed E-state index contributed by atoms with van der Waals surface area (Å²) in [6.45, 7) is 2.98. The fourth-order valence-corrected chi connectivity index (χ4v) is 3.80. The quantitative estimate of drug-likeness (QED) is 0.807. The van der Waals surface area contributed by atoms with E-state index in [0.29, 0.717) is 12.2 Å². The summed E-state index contributed by atoms with van der Waals surface area (Å²) in [6, 6.07) is 6.40. The van der Waals surface area contributed by atoms with Gasteiger partial charge in [0.15, 0.2) is 0 Å². The van der Waals surface area contributed by atoms with Gasteiger partial charge in [-0.15, -0.1) is 0 Å². The van der Waals surface area contributed by atoms with Gasteiger partial charge in [-0.2, -0.15) is 0 Å². The molecule has 0 unspecified atom stereocenters. The number of rotatable bonds is 5. The number of ether oxygens (including phenoxy) is 1. The molecule has 20 heavy (non-hydrogen) atoms. The molecule has 1 fully saturated rings. The van der Waals surface area contributed by atoms with E-state index >= 15 is 0 Å². The van der Waals surface area contributed by atoms with Crippen LogP contribution in [-0.2, 0) is 17.6 Å². The zero-order chi connectivity index (χ0) is 14.0. The second kappa shape index (κ2) is 5.59. The van der Waals surface area contributed by atoms with Crippen LogP contribution in [0.4, 0.5) is 0 Å². The lowest BCUT2D eigenvalue weighted by Crippen LogP contribution is -2.27. The van der Waals surface area contributed by atoms with Gasteiger partial charge in [0.1, 0.15) is 11.5 Å². The zero-order valence-corrected chi connectivity index (χ0v) is 12.4. The van der Waals surface area contributed by atoms with Crippen LogP contribution in [0.25, 0.3) is 0 Å². The summed E-state index contributed by atoms with van der Waals surface area (Å²) in [5, 5.41) is 0. The number of aryl methyl sites for hydroxylation is 1. The highest BCUT2D eigenvalue weighted by Gasteiger charge is 2.38. The number of Topliss-reactive ketones (excluding diaryl/α,β-unsaturated/α-hetero) is 1. The number of carbonyl (C=O) groups excluding carboxylic acids is 1. The molecule has 1 aromatic carbocycles. The molecule has 3 rings (SSSR count). The summed E-state index contributed by atoms with van der Waals surface area (Å²) in [7, 11) is 0. The fourth-order valence-electron chi connectivity index (χ4n) is 3.80. The average Bonchev–Trinajstić information content (AvgIpc) is 3.13. The van der Waals surface area contributed by atoms with Crippen molar-refractivity contribution < 1.29 is 9.53 Å². The Hall–Kier alpha value is -1.31. The molecule has 0 N–H and O–H groups in total. The van der Waals surface area contributed by atoms with Crippen LogP contribution in [0.5, 0.6) is 5.75 Å². The van der Waals surface area contributed by atoms with Crippen LogP contribution < -0.4 is 4.74 Å². The summed E-state index contributed by atoms with van der Waals surface area (Å²) < 4.78 is 5.53. The van der Waals surface area contributed by atoms with Gasteiger partial charge in [-0.05, 0) is 42.9 Å². The van der Waals surface area contributed by atoms with E-state index in [9.17, 15) is 4.79 Å². The highest BCUT2D eigenvalue weighted by atomic mass is 16.5. The summed E-state index contributed by atoms with van der Waals surface area (Å²) in [4.78, 5) is 12.6. The van der Waals surface area contributed by atoms with Crippen molar-refractivity contribution in [3.63, 3.8) is 0 Å². The molecule has 2 aliphatic rings. The normalized spacial score (nSPS) is 19.6. The van der Waals surface area contributed by atoms with Crippen molar-refractivity contribution in [2.24, 2.45) is 5.41 Å². The first kappa shape index (κ1) is 13.7. The first-order valence-electron chi connectivity index (χ1n) is 8.01. The molecule has 2 nitrogen and oxygen atoms in total. The van der Waals surface area contributed by atoms with Crippen molar-refractivity contribution in [1.29, 1.82) is 0 Å². The van der Waals surface area contributed by atoms with E-state index in [4.69, 9.17) is 4.74 Å². The third-order valence-corrected chi connectivity index (χ3v) is 5.22. The lowest BCUT2D eigenvalue weighted by atomic mass is 9.77. The van der Waals surface area contributed by atoms with E-state index in [-0.39, 0.29) is 5.41 Å². The monoisotopic (exact) mass is 272 g/mol. The summed E-state index contributed by atoms with van der Waals surface area (Å²) in [5.41, 5.74) is 2.60. The number of hydrogen-bond acceptors (Lipinski definition) is 2. The first-order valence-corrected chi connectivity index (χ1v) is 8.01. The van der Waals surface area contributed by atoms with Gasteiger partial charge in [-0.25, -0.2) is 0 Å². The van der Waals surface area contributed by atoms with Crippen molar-refractivity contribution in [2.45, 2.75) is 58.3 Å². The van der Waals surface area contributed by atoms with Gasteiger partial charge in [0.05, 0.1) is 6.61 Å². The lowest BCUT2D eigenvalue weighted by Gasteiger charge is -2.25. The van der Waals surface area contributed by atoms with Crippen LogP contribution >= 0.6 is 0 Å². The van der Waals surface area contributed by atoms with Gasteiger partial charge in [-0.3, -0.25) is 4.79 Å². The van der Waals surface area contributed by atoms with Gasteiger partial charge in [0.25, 0.3) is 0 Å². The lowest BCUT2D eigenvalue weighted by molar-refractivity contribution is -0.128. The third-order valence-electron chi connectivity index (χ3n) is 5.22. The molecule has 1 aromatic rings. The van der Waals surface area contributed by atoms with E-state index in [1.165, 1.54) is 24.0 Å². The largest absolute Gasteiger partial charge is 0.493 e. The molecule has 1 saturated carbocycles. The summed E-state index contributed by atoms with van der Waals surface area (Å²) in [5.74, 6) is 1.52. The molecule has 0 saturated heterocycles. The van der Waals surface area contributed by atoms with Gasteiger partial charge in [0, 0.05) is 18.3 Å². The molecule has 0 atom stereocenters. The Balaban J connectivity index is 1.63. The molecule has 0 amide bonds. The molecule has 1 aliphatic carbocycles. The number of ketones is 1. The highest BCUT2D eigenvalue weighted by Crippen LogP contribution is 2.42. The number of fused-ring (bicyclic) bond motifs is 1. The zero-order valence-electron chi connectivity index (χ0n) is 12.4. The minimum absolute atomic E-state index is 0.0137. The standard InChI is InChI=1S/C18H24O2/c1-2-18(10-3-4-11-18)17(19)8-6-14-5-7-16-15(13-14)9-12-20-16/h5,7,13H,2-4,6,8-12H2,1H3. The van der Waals surface area contributed by atoms with Crippen LogP contribution in [0, 0.1) is 5.41 Å². The minimum atomic E-state index is 0.0137. The first-order chi connectivity index (χ1) is 9.73. The molecule has 0 spiro atoms. The maximum atomic E-state index is 12.6. The fraction of sp³-hybridized carbons (Fsp3) is 0.611. The van der Waals surface area contributed by atoms with E-state index in [1.807, 2.05) is 0 Å². The topological polar surface area (TPSA) is 26.3 Å². The van der Waals surface area contributed by atoms with Crippen molar-refractivity contribution in [3.05, 3.63) is 29.3 Å². The number of benzene rings is 1. The Bertz CT molecular complexity index is 498. The van der Waals surface area contributed by atoms with E-state index in [1.54, 1.807) is 0 Å². The second-order valence-corrected chi connectivity index (χ2v) is 6.30.